The lowest BCUT2D eigenvalue weighted by Crippen LogP contribution is -2.07. The van der Waals surface area contributed by atoms with Crippen molar-refractivity contribution < 1.29 is 9.13 Å². The molecule has 4 rings (SSSR count). The number of aromatic nitrogens is 4. The van der Waals surface area contributed by atoms with Crippen LogP contribution < -0.4 is 4.74 Å². The lowest BCUT2D eigenvalue weighted by Gasteiger charge is -2.17. The van der Waals surface area contributed by atoms with Crippen LogP contribution in [0.1, 0.15) is 18.5 Å². The topological polar surface area (TPSA) is 44.9 Å². The Morgan fingerprint density at radius 1 is 1.07 bits per heavy atom. The van der Waals surface area contributed by atoms with Crippen LogP contribution in [0.15, 0.2) is 67.3 Å². The molecule has 0 radical (unpaired) electrons. The number of rotatable bonds is 5. The van der Waals surface area contributed by atoms with Gasteiger partial charge in [-0.3, -0.25) is 4.68 Å². The largest absolute Gasteiger partial charge is 0.494 e. The van der Waals surface area contributed by atoms with E-state index in [4.69, 9.17) is 9.72 Å². The molecule has 0 spiro atoms. The van der Waals surface area contributed by atoms with Crippen molar-refractivity contribution in [3.05, 3.63) is 78.6 Å². The van der Waals surface area contributed by atoms with Gasteiger partial charge in [-0.25, -0.2) is 9.37 Å². The summed E-state index contributed by atoms with van der Waals surface area (Å²) in [6.07, 6.45) is 5.66. The maximum Gasteiger partial charge on any atom is 0.165 e. The normalized spacial score (nSPS) is 12.1. The molecule has 0 aliphatic carbocycles. The predicted molar refractivity (Wildman–Crippen MR) is 107 cm³/mol. The Morgan fingerprint density at radius 2 is 1.86 bits per heavy atom. The number of ether oxygens (including phenoxy) is 1. The van der Waals surface area contributed by atoms with E-state index in [1.807, 2.05) is 56.1 Å². The van der Waals surface area contributed by atoms with E-state index in [2.05, 4.69) is 16.6 Å². The molecule has 0 saturated carbocycles. The number of nitrogens with zero attached hydrogens (tertiary/aromatic N) is 4. The molecule has 1 atom stereocenters. The zero-order valence-corrected chi connectivity index (χ0v) is 16.0. The van der Waals surface area contributed by atoms with E-state index < -0.39 is 0 Å². The van der Waals surface area contributed by atoms with Crippen LogP contribution in [0.5, 0.6) is 5.75 Å². The van der Waals surface area contributed by atoms with E-state index in [-0.39, 0.29) is 17.6 Å². The minimum Gasteiger partial charge on any atom is -0.494 e. The minimum atomic E-state index is -0.390. The molecule has 0 aliphatic heterocycles. The van der Waals surface area contributed by atoms with E-state index in [1.165, 1.54) is 13.2 Å². The summed E-state index contributed by atoms with van der Waals surface area (Å²) in [4.78, 5) is 4.70. The van der Waals surface area contributed by atoms with Gasteiger partial charge in [-0.2, -0.15) is 5.10 Å². The SMILES string of the molecule is COc1cc(-c2c(-c3ccccc3)ncn2[C@@H](C)c2cnn(C)c2)ccc1F. The van der Waals surface area contributed by atoms with Crippen molar-refractivity contribution >= 4 is 0 Å². The van der Waals surface area contributed by atoms with Crippen LogP contribution in [0.25, 0.3) is 22.5 Å². The van der Waals surface area contributed by atoms with E-state index in [0.717, 1.165) is 28.1 Å². The maximum absolute atomic E-state index is 14.0. The molecule has 0 unspecified atom stereocenters. The van der Waals surface area contributed by atoms with Crippen molar-refractivity contribution in [1.29, 1.82) is 0 Å². The van der Waals surface area contributed by atoms with Gasteiger partial charge < -0.3 is 9.30 Å². The molecule has 2 aromatic carbocycles. The minimum absolute atomic E-state index is 0.00436. The maximum atomic E-state index is 14.0. The molecule has 2 aromatic heterocycles. The van der Waals surface area contributed by atoms with Crippen LogP contribution in [0.2, 0.25) is 0 Å². The zero-order valence-electron chi connectivity index (χ0n) is 16.0. The van der Waals surface area contributed by atoms with Gasteiger partial charge in [0.05, 0.1) is 37.1 Å². The molecule has 28 heavy (non-hydrogen) atoms. The molecule has 0 N–H and O–H groups in total. The summed E-state index contributed by atoms with van der Waals surface area (Å²) >= 11 is 0. The molecule has 0 fully saturated rings. The fourth-order valence-electron chi connectivity index (χ4n) is 3.37. The van der Waals surface area contributed by atoms with Crippen LogP contribution in [-0.2, 0) is 7.05 Å². The molecule has 0 bridgehead atoms. The predicted octanol–water partition coefficient (Wildman–Crippen LogP) is 4.71. The second-order valence-electron chi connectivity index (χ2n) is 6.69. The summed E-state index contributed by atoms with van der Waals surface area (Å²) in [5, 5.41) is 4.28. The number of methoxy groups -OCH3 is 1. The summed E-state index contributed by atoms with van der Waals surface area (Å²) in [6, 6.07) is 14.9. The van der Waals surface area contributed by atoms with Crippen LogP contribution in [0, 0.1) is 5.82 Å². The highest BCUT2D eigenvalue weighted by atomic mass is 19.1. The quantitative estimate of drug-likeness (QED) is 0.507. The third-order valence-electron chi connectivity index (χ3n) is 4.89. The van der Waals surface area contributed by atoms with E-state index in [0.29, 0.717) is 0 Å². The fourth-order valence-corrected chi connectivity index (χ4v) is 3.37. The first-order valence-electron chi connectivity index (χ1n) is 9.03. The standard InChI is InChI=1S/C22H21FN4O/c1-15(18-12-25-26(2)13-18)27-14-24-21(16-7-5-4-6-8-16)22(27)17-9-10-19(23)20(11-17)28-3/h4-15H,1-3H3/t15-/m0/s1. The molecule has 2 heterocycles. The molecular formula is C22H21FN4O. The van der Waals surface area contributed by atoms with Crippen molar-refractivity contribution in [2.24, 2.45) is 7.05 Å². The Morgan fingerprint density at radius 3 is 2.54 bits per heavy atom. The van der Waals surface area contributed by atoms with Crippen molar-refractivity contribution in [2.45, 2.75) is 13.0 Å². The lowest BCUT2D eigenvalue weighted by atomic mass is 10.0. The van der Waals surface area contributed by atoms with Gasteiger partial charge in [0.2, 0.25) is 0 Å². The lowest BCUT2D eigenvalue weighted by molar-refractivity contribution is 0.386. The summed E-state index contributed by atoms with van der Waals surface area (Å²) in [6.45, 7) is 2.09. The molecule has 0 amide bonds. The van der Waals surface area contributed by atoms with Gasteiger partial charge in [-0.15, -0.1) is 0 Å². The third kappa shape index (κ3) is 3.17. The number of hydrogen-bond donors (Lipinski definition) is 0. The van der Waals surface area contributed by atoms with Gasteiger partial charge in [0, 0.05) is 29.9 Å². The first kappa shape index (κ1) is 18.0. The second kappa shape index (κ2) is 7.31. The zero-order chi connectivity index (χ0) is 19.7. The first-order chi connectivity index (χ1) is 13.6. The molecule has 5 nitrogen and oxygen atoms in total. The monoisotopic (exact) mass is 376 g/mol. The Labute approximate surface area is 163 Å². The molecule has 142 valence electrons. The average Bonchev–Trinajstić information content (AvgIpc) is 3.35. The van der Waals surface area contributed by atoms with Gasteiger partial charge in [-0.05, 0) is 25.1 Å². The molecule has 4 aromatic rings. The first-order valence-corrected chi connectivity index (χ1v) is 9.03. The van der Waals surface area contributed by atoms with Crippen molar-refractivity contribution in [3.63, 3.8) is 0 Å². The summed E-state index contributed by atoms with van der Waals surface area (Å²) in [5.41, 5.74) is 4.64. The Bertz CT molecular complexity index is 1100. The van der Waals surface area contributed by atoms with Crippen molar-refractivity contribution in [3.8, 4) is 28.3 Å². The van der Waals surface area contributed by atoms with Gasteiger partial charge in [0.25, 0.3) is 0 Å². The number of halogens is 1. The fraction of sp³-hybridized carbons (Fsp3) is 0.182. The number of aryl methyl sites for hydroxylation is 1. The van der Waals surface area contributed by atoms with Crippen molar-refractivity contribution in [2.75, 3.05) is 7.11 Å². The summed E-state index contributed by atoms with van der Waals surface area (Å²) < 4.78 is 23.1. The Hall–Kier alpha value is -3.41. The summed E-state index contributed by atoms with van der Waals surface area (Å²) in [7, 11) is 3.36. The number of benzene rings is 2. The van der Waals surface area contributed by atoms with E-state index in [1.54, 1.807) is 16.8 Å². The average molecular weight is 376 g/mol. The molecular weight excluding hydrogens is 355 g/mol. The van der Waals surface area contributed by atoms with Crippen LogP contribution in [0.3, 0.4) is 0 Å². The van der Waals surface area contributed by atoms with Crippen molar-refractivity contribution in [1.82, 2.24) is 19.3 Å². The highest BCUT2D eigenvalue weighted by molar-refractivity contribution is 5.79. The van der Waals surface area contributed by atoms with Gasteiger partial charge >= 0.3 is 0 Å². The third-order valence-corrected chi connectivity index (χ3v) is 4.89. The van der Waals surface area contributed by atoms with Crippen LogP contribution >= 0.6 is 0 Å². The van der Waals surface area contributed by atoms with E-state index in [9.17, 15) is 4.39 Å². The summed E-state index contributed by atoms with van der Waals surface area (Å²) in [5.74, 6) is -0.183. The Kier molecular flexibility index (Phi) is 4.69. The molecule has 0 saturated heterocycles. The number of hydrogen-bond acceptors (Lipinski definition) is 3. The smallest absolute Gasteiger partial charge is 0.165 e. The molecule has 6 heteroatoms. The Balaban J connectivity index is 1.92. The van der Waals surface area contributed by atoms with Gasteiger partial charge in [0.1, 0.15) is 0 Å². The highest BCUT2D eigenvalue weighted by Crippen LogP contribution is 2.36. The van der Waals surface area contributed by atoms with E-state index >= 15 is 0 Å². The molecule has 0 aliphatic rings. The highest BCUT2D eigenvalue weighted by Gasteiger charge is 2.21. The van der Waals surface area contributed by atoms with Crippen LogP contribution in [0.4, 0.5) is 4.39 Å². The number of imidazole rings is 1. The van der Waals surface area contributed by atoms with Gasteiger partial charge in [0.15, 0.2) is 11.6 Å². The van der Waals surface area contributed by atoms with Gasteiger partial charge in [-0.1, -0.05) is 30.3 Å². The second-order valence-corrected chi connectivity index (χ2v) is 6.69. The van der Waals surface area contributed by atoms with Crippen LogP contribution in [-0.4, -0.2) is 26.4 Å².